The summed E-state index contributed by atoms with van der Waals surface area (Å²) >= 11 is 0. The Bertz CT molecular complexity index is 484. The van der Waals surface area contributed by atoms with Gasteiger partial charge in [-0.2, -0.15) is 0 Å². The van der Waals surface area contributed by atoms with E-state index in [0.717, 1.165) is 42.6 Å². The predicted octanol–water partition coefficient (Wildman–Crippen LogP) is 2.76. The summed E-state index contributed by atoms with van der Waals surface area (Å²) in [4.78, 5) is 14.8. The largest absolute Gasteiger partial charge is 0.338 e. The number of likely N-dealkylation sites (tertiary alicyclic amines) is 1. The molecule has 2 atom stereocenters. The SMILES string of the molecule is CCC1CN(C(=O)c2cc(C)ccc2C)CCC1NC. The van der Waals surface area contributed by atoms with E-state index in [1.807, 2.05) is 37.9 Å². The second-order valence-electron chi connectivity index (χ2n) is 5.92. The number of nitrogens with one attached hydrogen (secondary N) is 1. The second-order valence-corrected chi connectivity index (χ2v) is 5.92. The highest BCUT2D eigenvalue weighted by Crippen LogP contribution is 2.23. The smallest absolute Gasteiger partial charge is 0.254 e. The standard InChI is InChI=1S/C17H26N2O/c1-5-14-11-19(9-8-16(14)18-4)17(20)15-10-12(2)6-7-13(15)3/h6-7,10,14,16,18H,5,8-9,11H2,1-4H3. The van der Waals surface area contributed by atoms with E-state index in [4.69, 9.17) is 0 Å². The van der Waals surface area contributed by atoms with Crippen molar-refractivity contribution in [1.29, 1.82) is 0 Å². The van der Waals surface area contributed by atoms with E-state index in [-0.39, 0.29) is 5.91 Å². The lowest BCUT2D eigenvalue weighted by Gasteiger charge is -2.38. The normalized spacial score (nSPS) is 22.9. The van der Waals surface area contributed by atoms with Crippen molar-refractivity contribution in [3.8, 4) is 0 Å². The van der Waals surface area contributed by atoms with E-state index in [0.29, 0.717) is 12.0 Å². The van der Waals surface area contributed by atoms with Gasteiger partial charge >= 0.3 is 0 Å². The monoisotopic (exact) mass is 274 g/mol. The van der Waals surface area contributed by atoms with Crippen LogP contribution in [0.5, 0.6) is 0 Å². The Kier molecular flexibility index (Phi) is 4.81. The summed E-state index contributed by atoms with van der Waals surface area (Å²) in [5.41, 5.74) is 3.09. The first kappa shape index (κ1) is 15.0. The Morgan fingerprint density at radius 1 is 1.40 bits per heavy atom. The van der Waals surface area contributed by atoms with Crippen molar-refractivity contribution in [1.82, 2.24) is 10.2 Å². The van der Waals surface area contributed by atoms with Gasteiger partial charge in [-0.15, -0.1) is 0 Å². The maximum atomic E-state index is 12.7. The molecule has 110 valence electrons. The molecule has 0 saturated carbocycles. The number of carbonyl (C=O) groups is 1. The number of hydrogen-bond donors (Lipinski definition) is 1. The molecule has 20 heavy (non-hydrogen) atoms. The summed E-state index contributed by atoms with van der Waals surface area (Å²) < 4.78 is 0. The van der Waals surface area contributed by atoms with Crippen molar-refractivity contribution in [2.75, 3.05) is 20.1 Å². The van der Waals surface area contributed by atoms with Crippen LogP contribution in [0.3, 0.4) is 0 Å². The van der Waals surface area contributed by atoms with Crippen molar-refractivity contribution in [3.63, 3.8) is 0 Å². The van der Waals surface area contributed by atoms with Crippen LogP contribution in [0, 0.1) is 19.8 Å². The lowest BCUT2D eigenvalue weighted by atomic mass is 9.89. The van der Waals surface area contributed by atoms with Gasteiger partial charge in [0.05, 0.1) is 0 Å². The maximum absolute atomic E-state index is 12.7. The van der Waals surface area contributed by atoms with E-state index >= 15 is 0 Å². The van der Waals surface area contributed by atoms with Crippen LogP contribution in [-0.4, -0.2) is 37.0 Å². The van der Waals surface area contributed by atoms with Crippen LogP contribution >= 0.6 is 0 Å². The molecule has 1 aromatic rings. The molecular weight excluding hydrogens is 248 g/mol. The quantitative estimate of drug-likeness (QED) is 0.919. The molecule has 2 rings (SSSR count). The molecule has 3 nitrogen and oxygen atoms in total. The van der Waals surface area contributed by atoms with Crippen LogP contribution in [0.15, 0.2) is 18.2 Å². The van der Waals surface area contributed by atoms with Gasteiger partial charge in [0.15, 0.2) is 0 Å². The molecular formula is C17H26N2O. The molecule has 0 bridgehead atoms. The molecule has 1 aliphatic rings. The van der Waals surface area contributed by atoms with Crippen LogP contribution in [-0.2, 0) is 0 Å². The minimum atomic E-state index is 0.194. The number of amides is 1. The number of hydrogen-bond acceptors (Lipinski definition) is 2. The molecule has 1 heterocycles. The summed E-state index contributed by atoms with van der Waals surface area (Å²) in [7, 11) is 2.02. The van der Waals surface area contributed by atoms with E-state index in [9.17, 15) is 4.79 Å². The molecule has 1 aromatic carbocycles. The summed E-state index contributed by atoms with van der Waals surface area (Å²) in [6, 6.07) is 6.67. The molecule has 1 saturated heterocycles. The van der Waals surface area contributed by atoms with Gasteiger partial charge in [0, 0.05) is 24.7 Å². The Morgan fingerprint density at radius 2 is 2.15 bits per heavy atom. The first-order valence-electron chi connectivity index (χ1n) is 7.60. The van der Waals surface area contributed by atoms with Crippen molar-refractivity contribution < 1.29 is 4.79 Å². The Balaban J connectivity index is 2.15. The third kappa shape index (κ3) is 3.04. The zero-order valence-electron chi connectivity index (χ0n) is 13.1. The van der Waals surface area contributed by atoms with E-state index < -0.39 is 0 Å². The molecule has 2 unspecified atom stereocenters. The second kappa shape index (κ2) is 6.40. The Morgan fingerprint density at radius 3 is 2.80 bits per heavy atom. The molecule has 1 N–H and O–H groups in total. The number of aryl methyl sites for hydroxylation is 2. The number of rotatable bonds is 3. The molecule has 1 amide bonds. The minimum Gasteiger partial charge on any atom is -0.338 e. The maximum Gasteiger partial charge on any atom is 0.254 e. The Labute approximate surface area is 122 Å². The summed E-state index contributed by atoms with van der Waals surface area (Å²) in [6.07, 6.45) is 2.16. The number of nitrogens with zero attached hydrogens (tertiary/aromatic N) is 1. The molecule has 0 aromatic heterocycles. The molecule has 0 aliphatic carbocycles. The molecule has 1 aliphatic heterocycles. The molecule has 0 spiro atoms. The fourth-order valence-electron chi connectivity index (χ4n) is 3.15. The lowest BCUT2D eigenvalue weighted by Crippen LogP contribution is -2.50. The van der Waals surface area contributed by atoms with Gasteiger partial charge in [0.25, 0.3) is 5.91 Å². The van der Waals surface area contributed by atoms with Gasteiger partial charge < -0.3 is 10.2 Å². The van der Waals surface area contributed by atoms with Crippen molar-refractivity contribution in [2.45, 2.75) is 39.7 Å². The average molecular weight is 274 g/mol. The Hall–Kier alpha value is -1.35. The van der Waals surface area contributed by atoms with Crippen LogP contribution in [0.1, 0.15) is 41.3 Å². The summed E-state index contributed by atoms with van der Waals surface area (Å²) in [5.74, 6) is 0.752. The highest BCUT2D eigenvalue weighted by atomic mass is 16.2. The van der Waals surface area contributed by atoms with Crippen molar-refractivity contribution in [3.05, 3.63) is 34.9 Å². The zero-order valence-corrected chi connectivity index (χ0v) is 13.1. The molecule has 3 heteroatoms. The van der Waals surface area contributed by atoms with E-state index in [1.165, 1.54) is 0 Å². The number of piperidine rings is 1. The van der Waals surface area contributed by atoms with Crippen LogP contribution in [0.2, 0.25) is 0 Å². The fraction of sp³-hybridized carbons (Fsp3) is 0.588. The van der Waals surface area contributed by atoms with Gasteiger partial charge in [-0.1, -0.05) is 31.0 Å². The number of carbonyl (C=O) groups excluding carboxylic acids is 1. The first-order valence-corrected chi connectivity index (χ1v) is 7.60. The lowest BCUT2D eigenvalue weighted by molar-refractivity contribution is 0.0631. The third-order valence-electron chi connectivity index (χ3n) is 4.54. The van der Waals surface area contributed by atoms with Gasteiger partial charge in [-0.3, -0.25) is 4.79 Å². The fourth-order valence-corrected chi connectivity index (χ4v) is 3.15. The van der Waals surface area contributed by atoms with Gasteiger partial charge in [-0.25, -0.2) is 0 Å². The predicted molar refractivity (Wildman–Crippen MR) is 83.1 cm³/mol. The first-order chi connectivity index (χ1) is 9.56. The van der Waals surface area contributed by atoms with Crippen molar-refractivity contribution >= 4 is 5.91 Å². The van der Waals surface area contributed by atoms with Gasteiger partial charge in [0.1, 0.15) is 0 Å². The van der Waals surface area contributed by atoms with Crippen LogP contribution in [0.4, 0.5) is 0 Å². The van der Waals surface area contributed by atoms with Gasteiger partial charge in [0.2, 0.25) is 0 Å². The minimum absolute atomic E-state index is 0.194. The van der Waals surface area contributed by atoms with Crippen molar-refractivity contribution in [2.24, 2.45) is 5.92 Å². The molecule has 1 fully saturated rings. The zero-order chi connectivity index (χ0) is 14.7. The highest BCUT2D eigenvalue weighted by molar-refractivity contribution is 5.95. The molecule has 0 radical (unpaired) electrons. The van der Waals surface area contributed by atoms with E-state index in [2.05, 4.69) is 18.3 Å². The summed E-state index contributed by atoms with van der Waals surface area (Å²) in [6.45, 7) is 7.99. The average Bonchev–Trinajstić information content (AvgIpc) is 2.48. The highest BCUT2D eigenvalue weighted by Gasteiger charge is 2.30. The van der Waals surface area contributed by atoms with Crippen LogP contribution in [0.25, 0.3) is 0 Å². The van der Waals surface area contributed by atoms with Crippen LogP contribution < -0.4 is 5.32 Å². The summed E-state index contributed by atoms with van der Waals surface area (Å²) in [5, 5.41) is 3.39. The van der Waals surface area contributed by atoms with Gasteiger partial charge in [-0.05, 0) is 44.9 Å². The van der Waals surface area contributed by atoms with E-state index in [1.54, 1.807) is 0 Å². The topological polar surface area (TPSA) is 32.3 Å². The third-order valence-corrected chi connectivity index (χ3v) is 4.54. The number of benzene rings is 1.